The van der Waals surface area contributed by atoms with Crippen LogP contribution in [0.5, 0.6) is 5.75 Å². The standard InChI is InChI=1S/C22H32N4O2/c1-4-6-11-25(12-7-5-2)13-8-14-26-16-23-20-18-10-9-17(28-3)15-19(18)24-21(20)22(26)27/h9-10,15-16,24H,4-8,11-14H2,1-3H3. The number of H-pyrrole nitrogens is 1. The van der Waals surface area contributed by atoms with Crippen molar-refractivity contribution in [3.63, 3.8) is 0 Å². The molecular weight excluding hydrogens is 352 g/mol. The van der Waals surface area contributed by atoms with E-state index in [1.54, 1.807) is 18.0 Å². The molecule has 0 bridgehead atoms. The Labute approximate surface area is 166 Å². The molecule has 0 saturated carbocycles. The van der Waals surface area contributed by atoms with Crippen molar-refractivity contribution in [3.8, 4) is 5.75 Å². The number of hydrogen-bond donors (Lipinski definition) is 1. The van der Waals surface area contributed by atoms with E-state index in [0.717, 1.165) is 48.2 Å². The molecule has 6 nitrogen and oxygen atoms in total. The van der Waals surface area contributed by atoms with E-state index in [4.69, 9.17) is 4.74 Å². The summed E-state index contributed by atoms with van der Waals surface area (Å²) in [5.74, 6) is 0.763. The Morgan fingerprint density at radius 1 is 1.11 bits per heavy atom. The van der Waals surface area contributed by atoms with E-state index in [1.807, 2.05) is 18.2 Å². The predicted octanol–water partition coefficient (Wildman–Crippen LogP) is 4.18. The minimum absolute atomic E-state index is 0.00571. The Hall–Kier alpha value is -2.34. The molecule has 0 spiro atoms. The summed E-state index contributed by atoms with van der Waals surface area (Å²) >= 11 is 0. The third-order valence-electron chi connectivity index (χ3n) is 5.31. The maximum absolute atomic E-state index is 12.9. The van der Waals surface area contributed by atoms with E-state index < -0.39 is 0 Å². The van der Waals surface area contributed by atoms with Crippen LogP contribution in [0.4, 0.5) is 0 Å². The maximum Gasteiger partial charge on any atom is 0.277 e. The predicted molar refractivity (Wildman–Crippen MR) is 115 cm³/mol. The second-order valence-electron chi connectivity index (χ2n) is 7.41. The van der Waals surface area contributed by atoms with Crippen molar-refractivity contribution in [2.45, 2.75) is 52.5 Å². The highest BCUT2D eigenvalue weighted by atomic mass is 16.5. The summed E-state index contributed by atoms with van der Waals surface area (Å²) in [5.41, 5.74) is 2.17. The minimum Gasteiger partial charge on any atom is -0.497 e. The number of aromatic amines is 1. The number of nitrogens with zero attached hydrogens (tertiary/aromatic N) is 3. The molecule has 6 heteroatoms. The van der Waals surface area contributed by atoms with Crippen LogP contribution in [0, 0.1) is 0 Å². The molecule has 0 radical (unpaired) electrons. The van der Waals surface area contributed by atoms with Gasteiger partial charge in [-0.1, -0.05) is 26.7 Å². The van der Waals surface area contributed by atoms with Gasteiger partial charge < -0.3 is 14.6 Å². The van der Waals surface area contributed by atoms with Crippen molar-refractivity contribution in [3.05, 3.63) is 34.9 Å². The first-order chi connectivity index (χ1) is 13.7. The van der Waals surface area contributed by atoms with Gasteiger partial charge in [0, 0.05) is 18.0 Å². The van der Waals surface area contributed by atoms with Crippen LogP contribution < -0.4 is 10.3 Å². The van der Waals surface area contributed by atoms with E-state index in [9.17, 15) is 4.79 Å². The quantitative estimate of drug-likeness (QED) is 0.539. The van der Waals surface area contributed by atoms with Gasteiger partial charge in [-0.25, -0.2) is 4.98 Å². The van der Waals surface area contributed by atoms with E-state index in [1.165, 1.54) is 25.7 Å². The second kappa shape index (κ2) is 9.73. The van der Waals surface area contributed by atoms with E-state index >= 15 is 0 Å². The summed E-state index contributed by atoms with van der Waals surface area (Å²) in [6.45, 7) is 8.46. The molecule has 0 atom stereocenters. The number of rotatable bonds is 11. The van der Waals surface area contributed by atoms with Crippen molar-refractivity contribution in [2.75, 3.05) is 26.7 Å². The van der Waals surface area contributed by atoms with Crippen LogP contribution in [0.15, 0.2) is 29.3 Å². The smallest absolute Gasteiger partial charge is 0.277 e. The molecule has 0 aliphatic rings. The molecule has 0 fully saturated rings. The van der Waals surface area contributed by atoms with Crippen LogP contribution in [-0.4, -0.2) is 46.2 Å². The largest absolute Gasteiger partial charge is 0.497 e. The van der Waals surface area contributed by atoms with Crippen LogP contribution in [-0.2, 0) is 6.54 Å². The van der Waals surface area contributed by atoms with Crippen molar-refractivity contribution in [1.82, 2.24) is 19.4 Å². The molecule has 28 heavy (non-hydrogen) atoms. The van der Waals surface area contributed by atoms with Gasteiger partial charge in [0.05, 0.1) is 19.0 Å². The fourth-order valence-corrected chi connectivity index (χ4v) is 3.62. The highest BCUT2D eigenvalue weighted by Gasteiger charge is 2.12. The molecule has 2 heterocycles. The maximum atomic E-state index is 12.9. The number of ether oxygens (including phenoxy) is 1. The van der Waals surface area contributed by atoms with Crippen molar-refractivity contribution in [1.29, 1.82) is 0 Å². The Balaban J connectivity index is 1.73. The molecule has 0 amide bonds. The van der Waals surface area contributed by atoms with Gasteiger partial charge >= 0.3 is 0 Å². The summed E-state index contributed by atoms with van der Waals surface area (Å²) in [6.07, 6.45) is 7.53. The first-order valence-corrected chi connectivity index (χ1v) is 10.4. The molecule has 0 aliphatic carbocycles. The average molecular weight is 385 g/mol. The number of methoxy groups -OCH3 is 1. The number of benzene rings is 1. The normalized spacial score (nSPS) is 11.7. The summed E-state index contributed by atoms with van der Waals surface area (Å²) in [6, 6.07) is 5.74. The minimum atomic E-state index is -0.00571. The molecule has 0 aliphatic heterocycles. The van der Waals surface area contributed by atoms with Crippen LogP contribution in [0.2, 0.25) is 0 Å². The summed E-state index contributed by atoms with van der Waals surface area (Å²) in [5, 5.41) is 0.949. The van der Waals surface area contributed by atoms with Crippen LogP contribution in [0.3, 0.4) is 0 Å². The van der Waals surface area contributed by atoms with Gasteiger partial charge in [-0.3, -0.25) is 9.36 Å². The van der Waals surface area contributed by atoms with Gasteiger partial charge in [-0.15, -0.1) is 0 Å². The number of unbranched alkanes of at least 4 members (excludes halogenated alkanes) is 2. The number of aryl methyl sites for hydroxylation is 1. The van der Waals surface area contributed by atoms with Crippen molar-refractivity contribution < 1.29 is 4.74 Å². The highest BCUT2D eigenvalue weighted by molar-refractivity contribution is 6.04. The van der Waals surface area contributed by atoms with Gasteiger partial charge in [-0.05, 0) is 51.0 Å². The van der Waals surface area contributed by atoms with Crippen molar-refractivity contribution in [2.24, 2.45) is 0 Å². The molecule has 0 saturated heterocycles. The van der Waals surface area contributed by atoms with Crippen molar-refractivity contribution >= 4 is 21.9 Å². The van der Waals surface area contributed by atoms with Crippen LogP contribution in [0.1, 0.15) is 46.0 Å². The Morgan fingerprint density at radius 2 is 1.82 bits per heavy atom. The van der Waals surface area contributed by atoms with Gasteiger partial charge in [0.15, 0.2) is 0 Å². The monoisotopic (exact) mass is 384 g/mol. The fraction of sp³-hybridized carbons (Fsp3) is 0.545. The lowest BCUT2D eigenvalue weighted by molar-refractivity contribution is 0.257. The molecule has 0 unspecified atom stereocenters. The number of hydrogen-bond acceptors (Lipinski definition) is 4. The molecular formula is C22H32N4O2. The zero-order valence-corrected chi connectivity index (χ0v) is 17.3. The van der Waals surface area contributed by atoms with E-state index in [-0.39, 0.29) is 5.56 Å². The second-order valence-corrected chi connectivity index (χ2v) is 7.41. The Morgan fingerprint density at radius 3 is 2.50 bits per heavy atom. The lowest BCUT2D eigenvalue weighted by Crippen LogP contribution is -2.29. The third-order valence-corrected chi connectivity index (χ3v) is 5.31. The zero-order valence-electron chi connectivity index (χ0n) is 17.3. The third kappa shape index (κ3) is 4.55. The molecule has 3 rings (SSSR count). The van der Waals surface area contributed by atoms with E-state index in [2.05, 4.69) is 28.7 Å². The first kappa shape index (κ1) is 20.4. The first-order valence-electron chi connectivity index (χ1n) is 10.4. The van der Waals surface area contributed by atoms with E-state index in [0.29, 0.717) is 12.1 Å². The zero-order chi connectivity index (χ0) is 19.9. The van der Waals surface area contributed by atoms with Gasteiger partial charge in [0.25, 0.3) is 5.56 Å². The Bertz CT molecular complexity index is 952. The van der Waals surface area contributed by atoms with Crippen LogP contribution >= 0.6 is 0 Å². The molecule has 2 aromatic heterocycles. The van der Waals surface area contributed by atoms with Gasteiger partial charge in [-0.2, -0.15) is 0 Å². The van der Waals surface area contributed by atoms with Gasteiger partial charge in [0.1, 0.15) is 16.8 Å². The lowest BCUT2D eigenvalue weighted by Gasteiger charge is -2.22. The number of nitrogens with one attached hydrogen (secondary N) is 1. The van der Waals surface area contributed by atoms with Crippen LogP contribution in [0.25, 0.3) is 21.9 Å². The summed E-state index contributed by atoms with van der Waals surface area (Å²) in [7, 11) is 1.64. The molecule has 3 aromatic rings. The lowest BCUT2D eigenvalue weighted by atomic mass is 10.2. The Kier molecular flexibility index (Phi) is 7.09. The fourth-order valence-electron chi connectivity index (χ4n) is 3.62. The highest BCUT2D eigenvalue weighted by Crippen LogP contribution is 2.25. The number of aromatic nitrogens is 3. The van der Waals surface area contributed by atoms with Gasteiger partial charge in [0.2, 0.25) is 0 Å². The number of fused-ring (bicyclic) bond motifs is 3. The summed E-state index contributed by atoms with van der Waals surface area (Å²) < 4.78 is 7.00. The molecule has 1 aromatic carbocycles. The average Bonchev–Trinajstić information content (AvgIpc) is 3.09. The molecule has 1 N–H and O–H groups in total. The summed E-state index contributed by atoms with van der Waals surface area (Å²) in [4.78, 5) is 23.2. The molecule has 152 valence electrons. The topological polar surface area (TPSA) is 63.1 Å². The SMILES string of the molecule is CCCCN(CCCC)CCCn1cnc2c([nH]c3cc(OC)ccc32)c1=O.